The lowest BCUT2D eigenvalue weighted by molar-refractivity contribution is 0.299. The van der Waals surface area contributed by atoms with Crippen LogP contribution >= 0.6 is 0 Å². The zero-order valence-electron chi connectivity index (χ0n) is 13.2. The Morgan fingerprint density at radius 2 is 1.86 bits per heavy atom. The van der Waals surface area contributed by atoms with Crippen molar-refractivity contribution in [2.45, 2.75) is 24.8 Å². The first-order chi connectivity index (χ1) is 10.3. The van der Waals surface area contributed by atoms with Crippen molar-refractivity contribution in [3.63, 3.8) is 0 Å². The lowest BCUT2D eigenvalue weighted by atomic mass is 10.1. The molecule has 22 heavy (non-hydrogen) atoms. The van der Waals surface area contributed by atoms with Crippen molar-refractivity contribution in [2.75, 3.05) is 20.6 Å². The summed E-state index contributed by atoms with van der Waals surface area (Å²) in [6.45, 7) is 3.48. The second-order valence-corrected chi connectivity index (χ2v) is 7.10. The topological polar surface area (TPSA) is 75.4 Å². The van der Waals surface area contributed by atoms with Gasteiger partial charge in [0.2, 0.25) is 10.0 Å². The van der Waals surface area contributed by atoms with Crippen LogP contribution in [0.2, 0.25) is 0 Å². The van der Waals surface area contributed by atoms with E-state index in [4.69, 9.17) is 4.52 Å². The van der Waals surface area contributed by atoms with E-state index in [0.29, 0.717) is 11.5 Å². The number of hydrogen-bond donors (Lipinski definition) is 1. The molecule has 1 heterocycles. The largest absolute Gasteiger partial charge is 0.360 e. The SMILES string of the molecule is Cc1noc(C)c1S(=O)(=O)NC[C@@H](c1ccccc1)N(C)C. The molecule has 0 amide bonds. The Labute approximate surface area is 131 Å². The fourth-order valence-electron chi connectivity index (χ4n) is 2.39. The van der Waals surface area contributed by atoms with Gasteiger partial charge in [-0.25, -0.2) is 13.1 Å². The van der Waals surface area contributed by atoms with Crippen LogP contribution in [0.1, 0.15) is 23.1 Å². The Balaban J connectivity index is 2.20. The summed E-state index contributed by atoms with van der Waals surface area (Å²) in [6, 6.07) is 9.72. The highest BCUT2D eigenvalue weighted by molar-refractivity contribution is 7.89. The van der Waals surface area contributed by atoms with E-state index in [0.717, 1.165) is 5.56 Å². The lowest BCUT2D eigenvalue weighted by Crippen LogP contribution is -2.34. The van der Waals surface area contributed by atoms with Gasteiger partial charge in [0.1, 0.15) is 10.6 Å². The predicted molar refractivity (Wildman–Crippen MR) is 84.0 cm³/mol. The van der Waals surface area contributed by atoms with Gasteiger partial charge in [-0.15, -0.1) is 0 Å². The molecule has 7 heteroatoms. The third kappa shape index (κ3) is 3.55. The Bertz CT molecular complexity index is 704. The molecule has 0 aliphatic heterocycles. The molecule has 1 aromatic heterocycles. The highest BCUT2D eigenvalue weighted by Gasteiger charge is 2.25. The molecule has 1 aromatic carbocycles. The summed E-state index contributed by atoms with van der Waals surface area (Å²) in [4.78, 5) is 2.10. The van der Waals surface area contributed by atoms with Crippen LogP contribution in [0.5, 0.6) is 0 Å². The molecule has 2 rings (SSSR count). The summed E-state index contributed by atoms with van der Waals surface area (Å²) in [5.74, 6) is 0.297. The van der Waals surface area contributed by atoms with Crippen LogP contribution < -0.4 is 4.72 Å². The molecule has 0 bridgehead atoms. The summed E-state index contributed by atoms with van der Waals surface area (Å²) < 4.78 is 32.5. The van der Waals surface area contributed by atoms with Gasteiger partial charge in [-0.2, -0.15) is 0 Å². The second kappa shape index (κ2) is 6.60. The molecule has 0 saturated carbocycles. The molecule has 0 radical (unpaired) electrons. The van der Waals surface area contributed by atoms with E-state index in [9.17, 15) is 8.42 Å². The average molecular weight is 323 g/mol. The first-order valence-corrected chi connectivity index (χ1v) is 8.45. The van der Waals surface area contributed by atoms with E-state index in [1.165, 1.54) is 0 Å². The van der Waals surface area contributed by atoms with Crippen molar-refractivity contribution in [1.29, 1.82) is 0 Å². The van der Waals surface area contributed by atoms with Crippen molar-refractivity contribution in [2.24, 2.45) is 0 Å². The maximum absolute atomic E-state index is 12.5. The molecule has 120 valence electrons. The van der Waals surface area contributed by atoms with Gasteiger partial charge in [0.05, 0.1) is 0 Å². The van der Waals surface area contributed by atoms with E-state index in [2.05, 4.69) is 9.88 Å². The Hall–Kier alpha value is -1.70. The first kappa shape index (κ1) is 16.7. The molecule has 0 aliphatic rings. The summed E-state index contributed by atoms with van der Waals surface area (Å²) >= 11 is 0. The molecule has 2 aromatic rings. The van der Waals surface area contributed by atoms with Crippen molar-refractivity contribution in [1.82, 2.24) is 14.8 Å². The van der Waals surface area contributed by atoms with Gasteiger partial charge in [0.15, 0.2) is 5.76 Å². The molecular weight excluding hydrogens is 302 g/mol. The standard InChI is InChI=1S/C15H21N3O3S/c1-11-15(12(2)21-17-11)22(19,20)16-10-14(18(3)4)13-8-6-5-7-9-13/h5-9,14,16H,10H2,1-4H3/t14-/m0/s1. The van der Waals surface area contributed by atoms with Gasteiger partial charge in [0, 0.05) is 12.6 Å². The number of aromatic nitrogens is 1. The zero-order chi connectivity index (χ0) is 16.3. The van der Waals surface area contributed by atoms with Gasteiger partial charge >= 0.3 is 0 Å². The van der Waals surface area contributed by atoms with E-state index >= 15 is 0 Å². The minimum Gasteiger partial charge on any atom is -0.360 e. The molecule has 6 nitrogen and oxygen atoms in total. The molecule has 0 aliphatic carbocycles. The maximum Gasteiger partial charge on any atom is 0.246 e. The van der Waals surface area contributed by atoms with Gasteiger partial charge in [-0.1, -0.05) is 35.5 Å². The quantitative estimate of drug-likeness (QED) is 0.878. The van der Waals surface area contributed by atoms with Crippen molar-refractivity contribution < 1.29 is 12.9 Å². The van der Waals surface area contributed by atoms with Gasteiger partial charge < -0.3 is 9.42 Å². The van der Waals surface area contributed by atoms with E-state index in [1.54, 1.807) is 13.8 Å². The third-order valence-electron chi connectivity index (χ3n) is 3.51. The number of aryl methyl sites for hydroxylation is 2. The number of rotatable bonds is 6. The number of nitrogens with zero attached hydrogens (tertiary/aromatic N) is 2. The molecule has 0 spiro atoms. The van der Waals surface area contributed by atoms with E-state index in [1.807, 2.05) is 49.3 Å². The number of likely N-dealkylation sites (N-methyl/N-ethyl adjacent to an activating group) is 1. The van der Waals surface area contributed by atoms with Crippen LogP contribution in [0.15, 0.2) is 39.8 Å². The lowest BCUT2D eigenvalue weighted by Gasteiger charge is -2.25. The predicted octanol–water partition coefficient (Wildman–Crippen LogP) is 1.87. The van der Waals surface area contributed by atoms with Crippen LogP contribution in [0.25, 0.3) is 0 Å². The zero-order valence-corrected chi connectivity index (χ0v) is 14.0. The highest BCUT2D eigenvalue weighted by atomic mass is 32.2. The number of sulfonamides is 1. The normalized spacial score (nSPS) is 13.5. The van der Waals surface area contributed by atoms with Crippen molar-refractivity contribution >= 4 is 10.0 Å². The summed E-state index contributed by atoms with van der Waals surface area (Å²) in [5.41, 5.74) is 1.42. The summed E-state index contributed by atoms with van der Waals surface area (Å²) in [5, 5.41) is 3.70. The number of benzene rings is 1. The smallest absolute Gasteiger partial charge is 0.246 e. The highest BCUT2D eigenvalue weighted by Crippen LogP contribution is 2.21. The fourth-order valence-corrected chi connectivity index (χ4v) is 3.76. The van der Waals surface area contributed by atoms with Crippen molar-refractivity contribution in [3.8, 4) is 0 Å². The Kier molecular flexibility index (Phi) is 5.00. The fraction of sp³-hybridized carbons (Fsp3) is 0.400. The van der Waals surface area contributed by atoms with Crippen molar-refractivity contribution in [3.05, 3.63) is 47.3 Å². The van der Waals surface area contributed by atoms with Crippen LogP contribution in [0, 0.1) is 13.8 Å². The summed E-state index contributed by atoms with van der Waals surface area (Å²) in [7, 11) is 0.189. The van der Waals surface area contributed by atoms with Crippen LogP contribution in [-0.4, -0.2) is 39.1 Å². The molecular formula is C15H21N3O3S. The monoisotopic (exact) mass is 323 g/mol. The van der Waals surface area contributed by atoms with Gasteiger partial charge in [0.25, 0.3) is 0 Å². The molecule has 0 saturated heterocycles. The van der Waals surface area contributed by atoms with Gasteiger partial charge in [-0.3, -0.25) is 0 Å². The minimum absolute atomic E-state index is 0.0588. The van der Waals surface area contributed by atoms with E-state index in [-0.39, 0.29) is 17.5 Å². The minimum atomic E-state index is -3.65. The number of nitrogens with one attached hydrogen (secondary N) is 1. The van der Waals surface area contributed by atoms with E-state index < -0.39 is 10.0 Å². The maximum atomic E-state index is 12.5. The second-order valence-electron chi connectivity index (χ2n) is 5.40. The number of hydrogen-bond acceptors (Lipinski definition) is 5. The average Bonchev–Trinajstić information content (AvgIpc) is 2.79. The molecule has 0 unspecified atom stereocenters. The van der Waals surface area contributed by atoms with Crippen LogP contribution in [0.4, 0.5) is 0 Å². The van der Waals surface area contributed by atoms with Crippen LogP contribution in [-0.2, 0) is 10.0 Å². The first-order valence-electron chi connectivity index (χ1n) is 6.97. The Morgan fingerprint density at radius 3 is 2.36 bits per heavy atom. The molecule has 1 N–H and O–H groups in total. The summed E-state index contributed by atoms with van der Waals surface area (Å²) in [6.07, 6.45) is 0. The molecule has 0 fully saturated rings. The van der Waals surface area contributed by atoms with Gasteiger partial charge in [-0.05, 0) is 33.5 Å². The van der Waals surface area contributed by atoms with Crippen LogP contribution in [0.3, 0.4) is 0 Å². The molecule has 1 atom stereocenters. The third-order valence-corrected chi connectivity index (χ3v) is 5.18. The Morgan fingerprint density at radius 1 is 1.23 bits per heavy atom.